The molecule has 0 saturated carbocycles. The Labute approximate surface area is 81.5 Å². The van der Waals surface area contributed by atoms with Crippen LogP contribution in [-0.2, 0) is 6.42 Å². The zero-order chi connectivity index (χ0) is 8.93. The maximum atomic E-state index is 4.30. The third kappa shape index (κ3) is 2.46. The Morgan fingerprint density at radius 1 is 1.15 bits per heavy atom. The zero-order valence-electron chi connectivity index (χ0n) is 7.43. The third-order valence-electron chi connectivity index (χ3n) is 2.02. The predicted octanol–water partition coefficient (Wildman–Crippen LogP) is 2.67. The number of rotatable bonds is 3. The summed E-state index contributed by atoms with van der Waals surface area (Å²) in [5, 5.41) is 4.61. The van der Waals surface area contributed by atoms with Crippen LogP contribution in [0.1, 0.15) is 5.69 Å². The minimum atomic E-state index is 0.0301. The van der Waals surface area contributed by atoms with E-state index < -0.39 is 0 Å². The van der Waals surface area contributed by atoms with E-state index in [2.05, 4.69) is 40.1 Å². The second-order valence-electron chi connectivity index (χ2n) is 2.99. The van der Waals surface area contributed by atoms with Crippen LogP contribution in [-0.4, -0.2) is 10.7 Å². The second kappa shape index (κ2) is 4.28. The molecule has 13 heavy (non-hydrogen) atoms. The Balaban J connectivity index is 1.86. The molecule has 0 radical (unpaired) electrons. The molecule has 1 aromatic rings. The average Bonchev–Trinajstić information content (AvgIpc) is 2.69. The lowest BCUT2D eigenvalue weighted by Crippen LogP contribution is -1.92. The van der Waals surface area contributed by atoms with Gasteiger partial charge in [-0.05, 0) is 35.1 Å². The Morgan fingerprint density at radius 2 is 2.00 bits per heavy atom. The fraction of sp³-hybridized carbons (Fsp3) is 0.182. The van der Waals surface area contributed by atoms with E-state index in [1.807, 2.05) is 12.3 Å². The number of aromatic nitrogens is 1. The summed E-state index contributed by atoms with van der Waals surface area (Å²) in [6.45, 7) is 0. The topological polar surface area (TPSA) is 12.9 Å². The van der Waals surface area contributed by atoms with Crippen molar-refractivity contribution in [2.75, 3.05) is 5.75 Å². The van der Waals surface area contributed by atoms with Gasteiger partial charge in [-0.3, -0.25) is 4.98 Å². The van der Waals surface area contributed by atoms with Crippen LogP contribution >= 0.6 is 10.9 Å². The Hall–Kier alpha value is -1.02. The lowest BCUT2D eigenvalue weighted by molar-refractivity contribution is 1.05. The largest absolute Gasteiger partial charge is 0.261 e. The van der Waals surface area contributed by atoms with E-state index in [-0.39, 0.29) is 10.9 Å². The molecule has 2 heteroatoms. The molecule has 0 N–H and O–H groups in total. The molecule has 68 valence electrons. The Morgan fingerprint density at radius 3 is 2.69 bits per heavy atom. The predicted molar refractivity (Wildman–Crippen MR) is 60.1 cm³/mol. The smallest absolute Gasteiger partial charge is 0.0411 e. The molecule has 0 spiro atoms. The molecule has 0 aliphatic carbocycles. The quantitative estimate of drug-likeness (QED) is 0.725. The number of hydrogen-bond acceptors (Lipinski definition) is 1. The van der Waals surface area contributed by atoms with Crippen molar-refractivity contribution >= 4 is 10.9 Å². The molecule has 0 fully saturated rings. The molecule has 0 saturated heterocycles. The van der Waals surface area contributed by atoms with Gasteiger partial charge >= 0.3 is 0 Å². The van der Waals surface area contributed by atoms with Crippen LogP contribution in [0.3, 0.4) is 0 Å². The van der Waals surface area contributed by atoms with Crippen LogP contribution < -0.4 is 0 Å². The summed E-state index contributed by atoms with van der Waals surface area (Å²) in [7, 11) is 0.0301. The van der Waals surface area contributed by atoms with Crippen molar-refractivity contribution in [3.05, 3.63) is 53.1 Å². The van der Waals surface area contributed by atoms with E-state index in [1.165, 1.54) is 11.4 Å². The number of aryl methyl sites for hydroxylation is 1. The maximum Gasteiger partial charge on any atom is 0.0411 e. The molecule has 0 bridgehead atoms. The lowest BCUT2D eigenvalue weighted by Gasteiger charge is -2.08. The first-order valence-corrected chi connectivity index (χ1v) is 6.12. The molecule has 2 heterocycles. The van der Waals surface area contributed by atoms with Crippen molar-refractivity contribution in [1.29, 1.82) is 0 Å². The van der Waals surface area contributed by atoms with Crippen LogP contribution in [0.2, 0.25) is 0 Å². The molecule has 2 rings (SSSR count). The molecular formula is C11H13NS. The second-order valence-corrected chi connectivity index (χ2v) is 5.06. The van der Waals surface area contributed by atoms with Crippen molar-refractivity contribution in [2.45, 2.75) is 6.42 Å². The van der Waals surface area contributed by atoms with Crippen molar-refractivity contribution in [2.24, 2.45) is 0 Å². The van der Waals surface area contributed by atoms with E-state index in [1.54, 1.807) is 0 Å². The van der Waals surface area contributed by atoms with Gasteiger partial charge in [0, 0.05) is 11.9 Å². The molecule has 1 aromatic heterocycles. The summed E-state index contributed by atoms with van der Waals surface area (Å²) in [6, 6.07) is 6.11. The fourth-order valence-corrected chi connectivity index (χ4v) is 2.83. The van der Waals surface area contributed by atoms with Gasteiger partial charge in [0.15, 0.2) is 0 Å². The highest BCUT2D eigenvalue weighted by atomic mass is 32.2. The van der Waals surface area contributed by atoms with E-state index in [4.69, 9.17) is 0 Å². The average molecular weight is 191 g/mol. The van der Waals surface area contributed by atoms with Crippen LogP contribution in [0.4, 0.5) is 0 Å². The molecule has 0 amide bonds. The number of allylic oxidation sites excluding steroid dienone is 2. The summed E-state index contributed by atoms with van der Waals surface area (Å²) in [6.07, 6.45) is 7.25. The minimum absolute atomic E-state index is 0.0301. The lowest BCUT2D eigenvalue weighted by atomic mass is 10.3. The molecule has 1 nitrogen and oxygen atoms in total. The van der Waals surface area contributed by atoms with Gasteiger partial charge in [-0.25, -0.2) is 10.9 Å². The van der Waals surface area contributed by atoms with Crippen molar-refractivity contribution in [3.8, 4) is 0 Å². The van der Waals surface area contributed by atoms with Gasteiger partial charge in [0.05, 0.1) is 0 Å². The van der Waals surface area contributed by atoms with Gasteiger partial charge in [0.1, 0.15) is 0 Å². The van der Waals surface area contributed by atoms with E-state index in [0.717, 1.165) is 6.42 Å². The van der Waals surface area contributed by atoms with Gasteiger partial charge in [0.2, 0.25) is 0 Å². The first-order valence-electron chi connectivity index (χ1n) is 4.46. The summed E-state index contributed by atoms with van der Waals surface area (Å²) in [5.74, 6) is 1.24. The van der Waals surface area contributed by atoms with Gasteiger partial charge in [-0.1, -0.05) is 18.2 Å². The Bertz CT molecular complexity index is 304. The summed E-state index contributed by atoms with van der Waals surface area (Å²) < 4.78 is 0. The molecule has 1 aliphatic heterocycles. The van der Waals surface area contributed by atoms with Gasteiger partial charge < -0.3 is 0 Å². The van der Waals surface area contributed by atoms with Crippen LogP contribution in [0.5, 0.6) is 0 Å². The first kappa shape index (κ1) is 8.57. The van der Waals surface area contributed by atoms with Gasteiger partial charge in [-0.2, -0.15) is 0 Å². The highest BCUT2D eigenvalue weighted by molar-refractivity contribution is 8.22. The molecule has 0 unspecified atom stereocenters. The number of thiol groups is 1. The highest BCUT2D eigenvalue weighted by Crippen LogP contribution is 2.32. The monoisotopic (exact) mass is 191 g/mol. The maximum absolute atomic E-state index is 4.30. The zero-order valence-corrected chi connectivity index (χ0v) is 8.32. The standard InChI is InChI=1S/C11H13NS/c1-2-7-12-11(5-1)6-10-13-8-3-4-9-13/h1-5,7-9,13H,6,10H2. The van der Waals surface area contributed by atoms with Crippen molar-refractivity contribution < 1.29 is 0 Å². The van der Waals surface area contributed by atoms with E-state index in [9.17, 15) is 0 Å². The highest BCUT2D eigenvalue weighted by Gasteiger charge is 1.99. The molecular weight excluding hydrogens is 178 g/mol. The van der Waals surface area contributed by atoms with Crippen LogP contribution in [0, 0.1) is 0 Å². The molecule has 0 aromatic carbocycles. The summed E-state index contributed by atoms with van der Waals surface area (Å²) in [5.41, 5.74) is 1.21. The first-order chi connectivity index (χ1) is 6.45. The fourth-order valence-electron chi connectivity index (χ4n) is 1.31. The van der Waals surface area contributed by atoms with E-state index >= 15 is 0 Å². The Kier molecular flexibility index (Phi) is 2.82. The van der Waals surface area contributed by atoms with E-state index in [0.29, 0.717) is 0 Å². The van der Waals surface area contributed by atoms with Crippen LogP contribution in [0.25, 0.3) is 0 Å². The normalized spacial score (nSPS) is 16.8. The molecule has 1 aliphatic rings. The van der Waals surface area contributed by atoms with Gasteiger partial charge in [0.25, 0.3) is 0 Å². The number of hydrogen-bond donors (Lipinski definition) is 1. The van der Waals surface area contributed by atoms with Gasteiger partial charge in [-0.15, -0.1) is 0 Å². The molecule has 0 atom stereocenters. The number of nitrogens with zero attached hydrogens (tertiary/aromatic N) is 1. The minimum Gasteiger partial charge on any atom is -0.261 e. The van der Waals surface area contributed by atoms with Crippen molar-refractivity contribution in [1.82, 2.24) is 4.98 Å². The third-order valence-corrected chi connectivity index (χ3v) is 3.87. The number of pyridine rings is 1. The van der Waals surface area contributed by atoms with Crippen molar-refractivity contribution in [3.63, 3.8) is 0 Å². The summed E-state index contributed by atoms with van der Waals surface area (Å²) in [4.78, 5) is 4.30. The summed E-state index contributed by atoms with van der Waals surface area (Å²) >= 11 is 0. The SMILES string of the molecule is C1=C[SH](CCc2ccccn2)C=C1. The van der Waals surface area contributed by atoms with Crippen LogP contribution in [0.15, 0.2) is 47.4 Å².